The molecular formula is C21H28FN3O3S. The lowest BCUT2D eigenvalue weighted by molar-refractivity contribution is 0.126. The van der Waals surface area contributed by atoms with Gasteiger partial charge in [0.25, 0.3) is 0 Å². The molecule has 0 aromatic heterocycles. The zero-order valence-electron chi connectivity index (χ0n) is 16.7. The van der Waals surface area contributed by atoms with Crippen LogP contribution in [0.4, 0.5) is 4.39 Å². The molecule has 0 bridgehead atoms. The first-order valence-corrected chi connectivity index (χ1v) is 11.3. The highest BCUT2D eigenvalue weighted by molar-refractivity contribution is 7.89. The topological polar surface area (TPSA) is 61.9 Å². The second-order valence-electron chi connectivity index (χ2n) is 7.15. The van der Waals surface area contributed by atoms with Crippen molar-refractivity contribution in [3.8, 4) is 5.75 Å². The van der Waals surface area contributed by atoms with Gasteiger partial charge in [0.15, 0.2) is 11.6 Å². The van der Waals surface area contributed by atoms with E-state index >= 15 is 0 Å². The van der Waals surface area contributed by atoms with E-state index in [1.54, 1.807) is 0 Å². The summed E-state index contributed by atoms with van der Waals surface area (Å²) in [7, 11) is -2.39. The van der Waals surface area contributed by atoms with Crippen LogP contribution in [0.1, 0.15) is 12.0 Å². The molecule has 29 heavy (non-hydrogen) atoms. The third-order valence-electron chi connectivity index (χ3n) is 5.09. The third-order valence-corrected chi connectivity index (χ3v) is 6.55. The quantitative estimate of drug-likeness (QED) is 0.630. The van der Waals surface area contributed by atoms with Crippen LogP contribution in [-0.4, -0.2) is 64.6 Å². The molecule has 1 saturated heterocycles. The van der Waals surface area contributed by atoms with Gasteiger partial charge in [0, 0.05) is 39.3 Å². The van der Waals surface area contributed by atoms with E-state index in [-0.39, 0.29) is 10.6 Å². The van der Waals surface area contributed by atoms with E-state index in [4.69, 9.17) is 4.74 Å². The maximum Gasteiger partial charge on any atom is 0.240 e. The number of halogens is 1. The van der Waals surface area contributed by atoms with Crippen molar-refractivity contribution in [2.24, 2.45) is 0 Å². The molecule has 0 atom stereocenters. The molecule has 1 fully saturated rings. The number of ether oxygens (including phenoxy) is 1. The maximum absolute atomic E-state index is 13.8. The Bertz CT molecular complexity index is 885. The Kier molecular flexibility index (Phi) is 7.60. The number of piperazine rings is 1. The Hall–Kier alpha value is -2.00. The van der Waals surface area contributed by atoms with E-state index in [0.717, 1.165) is 45.3 Å². The predicted octanol–water partition coefficient (Wildman–Crippen LogP) is 2.32. The number of hydrogen-bond acceptors (Lipinski definition) is 5. The first-order valence-electron chi connectivity index (χ1n) is 9.80. The first kappa shape index (κ1) is 21.7. The van der Waals surface area contributed by atoms with Crippen molar-refractivity contribution in [3.63, 3.8) is 0 Å². The second kappa shape index (κ2) is 10.2. The molecule has 1 heterocycles. The lowest BCUT2D eigenvalue weighted by atomic mass is 10.2. The lowest BCUT2D eigenvalue weighted by Crippen LogP contribution is -2.46. The second-order valence-corrected chi connectivity index (χ2v) is 8.92. The molecule has 2 aromatic rings. The van der Waals surface area contributed by atoms with Gasteiger partial charge in [0.1, 0.15) is 0 Å². The average molecular weight is 422 g/mol. The number of nitrogens with one attached hydrogen (secondary N) is 1. The standard InChI is InChI=1S/C21H28FN3O3S/c1-28-21-9-8-19(16-20(21)22)29(26,27)23-10-5-11-24-12-14-25(15-13-24)17-18-6-3-2-4-7-18/h2-4,6-9,16,23H,5,10-15,17H2,1H3. The highest BCUT2D eigenvalue weighted by Crippen LogP contribution is 2.20. The van der Waals surface area contributed by atoms with Crippen molar-refractivity contribution in [1.29, 1.82) is 0 Å². The van der Waals surface area contributed by atoms with Gasteiger partial charge in [-0.2, -0.15) is 0 Å². The number of hydrogen-bond donors (Lipinski definition) is 1. The Morgan fingerprint density at radius 1 is 1.03 bits per heavy atom. The molecule has 1 aliphatic heterocycles. The molecule has 8 heteroatoms. The molecule has 0 aliphatic carbocycles. The van der Waals surface area contributed by atoms with E-state index < -0.39 is 15.8 Å². The highest BCUT2D eigenvalue weighted by atomic mass is 32.2. The van der Waals surface area contributed by atoms with E-state index in [2.05, 4.69) is 38.8 Å². The number of benzene rings is 2. The van der Waals surface area contributed by atoms with Crippen LogP contribution in [0.15, 0.2) is 53.4 Å². The summed E-state index contributed by atoms with van der Waals surface area (Å²) < 4.78 is 45.7. The summed E-state index contributed by atoms with van der Waals surface area (Å²) in [4.78, 5) is 4.70. The zero-order chi connectivity index (χ0) is 20.7. The van der Waals surface area contributed by atoms with Crippen LogP contribution >= 0.6 is 0 Å². The minimum atomic E-state index is -3.73. The van der Waals surface area contributed by atoms with E-state index in [0.29, 0.717) is 13.0 Å². The van der Waals surface area contributed by atoms with Crippen molar-refractivity contribution < 1.29 is 17.5 Å². The van der Waals surface area contributed by atoms with Gasteiger partial charge in [0.2, 0.25) is 10.0 Å². The van der Waals surface area contributed by atoms with Crippen LogP contribution in [0, 0.1) is 5.82 Å². The van der Waals surface area contributed by atoms with E-state index in [9.17, 15) is 12.8 Å². The summed E-state index contributed by atoms with van der Waals surface area (Å²) >= 11 is 0. The zero-order valence-corrected chi connectivity index (χ0v) is 17.5. The molecular weight excluding hydrogens is 393 g/mol. The van der Waals surface area contributed by atoms with Crippen LogP contribution in [0.5, 0.6) is 5.75 Å². The van der Waals surface area contributed by atoms with E-state index in [1.165, 1.54) is 24.8 Å². The van der Waals surface area contributed by atoms with Gasteiger partial charge in [-0.05, 0) is 36.7 Å². The van der Waals surface area contributed by atoms with Crippen molar-refractivity contribution in [2.75, 3.05) is 46.4 Å². The highest BCUT2D eigenvalue weighted by Gasteiger charge is 2.18. The van der Waals surface area contributed by atoms with Gasteiger partial charge < -0.3 is 9.64 Å². The maximum atomic E-state index is 13.8. The number of sulfonamides is 1. The number of nitrogens with zero attached hydrogens (tertiary/aromatic N) is 2. The minimum Gasteiger partial charge on any atom is -0.494 e. The van der Waals surface area contributed by atoms with Crippen LogP contribution in [0.2, 0.25) is 0 Å². The summed E-state index contributed by atoms with van der Waals surface area (Å²) in [6.07, 6.45) is 0.705. The SMILES string of the molecule is COc1ccc(S(=O)(=O)NCCCN2CCN(Cc3ccccc3)CC2)cc1F. The fourth-order valence-corrected chi connectivity index (χ4v) is 4.50. The molecule has 1 N–H and O–H groups in total. The summed E-state index contributed by atoms with van der Waals surface area (Å²) in [5.74, 6) is -0.667. The Labute approximate surface area is 172 Å². The molecule has 6 nitrogen and oxygen atoms in total. The normalized spacial score (nSPS) is 16.1. The van der Waals surface area contributed by atoms with Crippen molar-refractivity contribution in [3.05, 3.63) is 59.9 Å². The molecule has 0 radical (unpaired) electrons. The fourth-order valence-electron chi connectivity index (χ4n) is 3.42. The molecule has 0 amide bonds. The predicted molar refractivity (Wildman–Crippen MR) is 111 cm³/mol. The molecule has 0 unspecified atom stereocenters. The Morgan fingerprint density at radius 3 is 2.38 bits per heavy atom. The van der Waals surface area contributed by atoms with Gasteiger partial charge >= 0.3 is 0 Å². The number of rotatable bonds is 9. The molecule has 158 valence electrons. The van der Waals surface area contributed by atoms with Gasteiger partial charge in [0.05, 0.1) is 12.0 Å². The Balaban J connectivity index is 1.38. The third kappa shape index (κ3) is 6.24. The van der Waals surface area contributed by atoms with Crippen molar-refractivity contribution in [2.45, 2.75) is 17.9 Å². The van der Waals surface area contributed by atoms with Crippen LogP contribution in [0.3, 0.4) is 0 Å². The minimum absolute atomic E-state index is 0.0235. The molecule has 3 rings (SSSR count). The molecule has 1 aliphatic rings. The smallest absolute Gasteiger partial charge is 0.240 e. The summed E-state index contributed by atoms with van der Waals surface area (Å²) in [5.41, 5.74) is 1.32. The van der Waals surface area contributed by atoms with Gasteiger partial charge in [-0.15, -0.1) is 0 Å². The fraction of sp³-hybridized carbons (Fsp3) is 0.429. The molecule has 2 aromatic carbocycles. The first-order chi connectivity index (χ1) is 14.0. The van der Waals surface area contributed by atoms with Crippen molar-refractivity contribution in [1.82, 2.24) is 14.5 Å². The lowest BCUT2D eigenvalue weighted by Gasteiger charge is -2.34. The summed E-state index contributed by atoms with van der Waals surface area (Å²) in [6, 6.07) is 14.1. The van der Waals surface area contributed by atoms with E-state index in [1.807, 2.05) is 6.07 Å². The van der Waals surface area contributed by atoms with Gasteiger partial charge in [-0.3, -0.25) is 4.90 Å². The summed E-state index contributed by atoms with van der Waals surface area (Å²) in [6.45, 7) is 6.08. The van der Waals surface area contributed by atoms with Crippen molar-refractivity contribution >= 4 is 10.0 Å². The molecule has 0 spiro atoms. The van der Waals surface area contributed by atoms with Gasteiger partial charge in [-0.25, -0.2) is 17.5 Å². The number of methoxy groups -OCH3 is 1. The monoisotopic (exact) mass is 421 g/mol. The van der Waals surface area contributed by atoms with Crippen LogP contribution in [0.25, 0.3) is 0 Å². The van der Waals surface area contributed by atoms with Crippen LogP contribution < -0.4 is 9.46 Å². The average Bonchev–Trinajstić information content (AvgIpc) is 2.73. The van der Waals surface area contributed by atoms with Gasteiger partial charge in [-0.1, -0.05) is 30.3 Å². The largest absolute Gasteiger partial charge is 0.494 e. The Morgan fingerprint density at radius 2 is 1.72 bits per heavy atom. The van der Waals surface area contributed by atoms with Crippen LogP contribution in [-0.2, 0) is 16.6 Å². The molecule has 0 saturated carbocycles. The summed E-state index contributed by atoms with van der Waals surface area (Å²) in [5, 5.41) is 0.